The number of hydrogen-bond donors (Lipinski definition) is 1. The van der Waals surface area contributed by atoms with Gasteiger partial charge in [0.2, 0.25) is 0 Å². The van der Waals surface area contributed by atoms with Gasteiger partial charge in [0, 0.05) is 11.6 Å². The van der Waals surface area contributed by atoms with Crippen molar-refractivity contribution in [3.8, 4) is 23.0 Å². The van der Waals surface area contributed by atoms with Gasteiger partial charge in [0.25, 0.3) is 5.56 Å². The van der Waals surface area contributed by atoms with Crippen LogP contribution in [-0.4, -0.2) is 42.3 Å². The monoisotopic (exact) mass is 369 g/mol. The summed E-state index contributed by atoms with van der Waals surface area (Å²) >= 11 is 0. The molecule has 8 heteroatoms. The number of ether oxygens (including phenoxy) is 3. The van der Waals surface area contributed by atoms with Gasteiger partial charge in [-0.1, -0.05) is 0 Å². The average molecular weight is 369 g/mol. The fourth-order valence-corrected chi connectivity index (χ4v) is 2.63. The molecule has 0 unspecified atom stereocenters. The van der Waals surface area contributed by atoms with E-state index in [2.05, 4.69) is 10.1 Å². The maximum Gasteiger partial charge on any atom is 0.282 e. The first kappa shape index (κ1) is 18.2. The molecule has 1 aromatic heterocycles. The van der Waals surface area contributed by atoms with Crippen molar-refractivity contribution in [2.75, 3.05) is 21.3 Å². The minimum Gasteiger partial charge on any atom is -0.507 e. The first-order chi connectivity index (χ1) is 13.0. The van der Waals surface area contributed by atoms with E-state index in [4.69, 9.17) is 14.2 Å². The Kier molecular flexibility index (Phi) is 4.98. The van der Waals surface area contributed by atoms with Crippen molar-refractivity contribution in [1.29, 1.82) is 0 Å². The molecule has 0 saturated heterocycles. The summed E-state index contributed by atoms with van der Waals surface area (Å²) in [6, 6.07) is 7.94. The van der Waals surface area contributed by atoms with E-state index in [1.54, 1.807) is 31.2 Å². The molecule has 0 amide bonds. The Balaban J connectivity index is 2.13. The third kappa shape index (κ3) is 3.41. The predicted octanol–water partition coefficient (Wildman–Crippen LogP) is 2.32. The van der Waals surface area contributed by atoms with Crippen molar-refractivity contribution in [3.05, 3.63) is 52.1 Å². The normalized spacial score (nSPS) is 11.1. The lowest BCUT2D eigenvalue weighted by Gasteiger charge is -2.10. The molecule has 0 spiro atoms. The Bertz CT molecular complexity index is 1090. The number of fused-ring (bicyclic) bond motifs is 1. The summed E-state index contributed by atoms with van der Waals surface area (Å²) in [5.41, 5.74) is 0.524. The highest BCUT2D eigenvalue weighted by atomic mass is 16.5. The number of methoxy groups -OCH3 is 3. The van der Waals surface area contributed by atoms with Gasteiger partial charge in [-0.2, -0.15) is 9.78 Å². The van der Waals surface area contributed by atoms with Crippen LogP contribution in [0.5, 0.6) is 23.0 Å². The number of nitrogens with zero attached hydrogens (tertiary/aromatic N) is 3. The largest absolute Gasteiger partial charge is 0.507 e. The molecule has 0 aliphatic heterocycles. The minimum absolute atomic E-state index is 0.0189. The van der Waals surface area contributed by atoms with Crippen LogP contribution in [0, 0.1) is 6.92 Å². The van der Waals surface area contributed by atoms with Crippen LogP contribution in [0.2, 0.25) is 0 Å². The highest BCUT2D eigenvalue weighted by Gasteiger charge is 2.13. The Morgan fingerprint density at radius 1 is 1.07 bits per heavy atom. The third-order valence-electron chi connectivity index (χ3n) is 4.06. The molecule has 1 N–H and O–H groups in total. The van der Waals surface area contributed by atoms with Gasteiger partial charge in [-0.15, -0.1) is 0 Å². The SMILES string of the molecule is COc1ccc(O)c(/C=N/n2c(C)nc3cc(OC)c(OC)cc3c2=O)c1. The average Bonchev–Trinajstić information content (AvgIpc) is 2.68. The topological polar surface area (TPSA) is 95.2 Å². The van der Waals surface area contributed by atoms with Crippen molar-refractivity contribution in [2.45, 2.75) is 6.92 Å². The van der Waals surface area contributed by atoms with Crippen molar-refractivity contribution in [1.82, 2.24) is 9.66 Å². The number of benzene rings is 2. The molecule has 1 heterocycles. The summed E-state index contributed by atoms with van der Waals surface area (Å²) in [7, 11) is 4.53. The highest BCUT2D eigenvalue weighted by Crippen LogP contribution is 2.30. The molecule has 0 saturated carbocycles. The van der Waals surface area contributed by atoms with Crippen LogP contribution in [0.15, 0.2) is 40.2 Å². The molecular weight excluding hydrogens is 350 g/mol. The van der Waals surface area contributed by atoms with Gasteiger partial charge >= 0.3 is 0 Å². The molecule has 140 valence electrons. The van der Waals surface area contributed by atoms with E-state index in [0.717, 1.165) is 4.68 Å². The van der Waals surface area contributed by atoms with E-state index in [1.165, 1.54) is 33.6 Å². The number of aromatic hydroxyl groups is 1. The molecule has 0 fully saturated rings. The van der Waals surface area contributed by atoms with Crippen molar-refractivity contribution < 1.29 is 19.3 Å². The van der Waals surface area contributed by atoms with Gasteiger partial charge in [0.05, 0.1) is 38.4 Å². The van der Waals surface area contributed by atoms with E-state index in [1.807, 2.05) is 0 Å². The zero-order chi connectivity index (χ0) is 19.6. The summed E-state index contributed by atoms with van der Waals surface area (Å²) in [6.45, 7) is 1.67. The molecule has 0 aliphatic carbocycles. The summed E-state index contributed by atoms with van der Waals surface area (Å²) in [5, 5.41) is 14.5. The zero-order valence-corrected chi connectivity index (χ0v) is 15.4. The number of hydrogen-bond acceptors (Lipinski definition) is 7. The lowest BCUT2D eigenvalue weighted by molar-refractivity contribution is 0.355. The van der Waals surface area contributed by atoms with E-state index in [-0.39, 0.29) is 11.3 Å². The van der Waals surface area contributed by atoms with Crippen molar-refractivity contribution in [2.24, 2.45) is 5.10 Å². The van der Waals surface area contributed by atoms with Crippen molar-refractivity contribution >= 4 is 17.1 Å². The Morgan fingerprint density at radius 3 is 2.44 bits per heavy atom. The second-order valence-corrected chi connectivity index (χ2v) is 5.67. The third-order valence-corrected chi connectivity index (χ3v) is 4.06. The number of rotatable bonds is 5. The second-order valence-electron chi connectivity index (χ2n) is 5.67. The van der Waals surface area contributed by atoms with Gasteiger partial charge in [-0.25, -0.2) is 4.98 Å². The summed E-state index contributed by atoms with van der Waals surface area (Å²) in [4.78, 5) is 17.3. The summed E-state index contributed by atoms with van der Waals surface area (Å²) in [5.74, 6) is 1.88. The Labute approximate surface area is 155 Å². The molecule has 27 heavy (non-hydrogen) atoms. The lowest BCUT2D eigenvalue weighted by Crippen LogP contribution is -2.20. The predicted molar refractivity (Wildman–Crippen MR) is 101 cm³/mol. The molecule has 0 bridgehead atoms. The molecule has 3 aromatic rings. The molecule has 0 atom stereocenters. The van der Waals surface area contributed by atoms with Crippen LogP contribution in [0.4, 0.5) is 0 Å². The molecule has 2 aromatic carbocycles. The minimum atomic E-state index is -0.364. The van der Waals surface area contributed by atoms with E-state index < -0.39 is 0 Å². The fourth-order valence-electron chi connectivity index (χ4n) is 2.63. The maximum atomic E-state index is 12.9. The van der Waals surface area contributed by atoms with Gasteiger partial charge < -0.3 is 19.3 Å². The summed E-state index contributed by atoms with van der Waals surface area (Å²) < 4.78 is 16.8. The first-order valence-corrected chi connectivity index (χ1v) is 8.05. The first-order valence-electron chi connectivity index (χ1n) is 8.05. The van der Waals surface area contributed by atoms with E-state index in [0.29, 0.717) is 39.5 Å². The van der Waals surface area contributed by atoms with Gasteiger partial charge in [-0.3, -0.25) is 4.79 Å². The smallest absolute Gasteiger partial charge is 0.282 e. The van der Waals surface area contributed by atoms with Gasteiger partial charge in [-0.05, 0) is 31.2 Å². The fraction of sp³-hybridized carbons (Fsp3) is 0.211. The quantitative estimate of drug-likeness (QED) is 0.694. The van der Waals surface area contributed by atoms with Gasteiger partial charge in [0.15, 0.2) is 11.5 Å². The standard InChI is InChI=1S/C19H19N3O5/c1-11-21-15-9-18(27-4)17(26-3)8-14(15)19(24)22(11)20-10-12-7-13(25-2)5-6-16(12)23/h5-10,23H,1-4H3/b20-10+. The van der Waals surface area contributed by atoms with Crippen LogP contribution in [0.1, 0.15) is 11.4 Å². The lowest BCUT2D eigenvalue weighted by atomic mass is 10.2. The number of phenols is 1. The molecule has 3 rings (SSSR count). The number of aromatic nitrogens is 2. The highest BCUT2D eigenvalue weighted by molar-refractivity contribution is 5.85. The van der Waals surface area contributed by atoms with E-state index >= 15 is 0 Å². The summed E-state index contributed by atoms with van der Waals surface area (Å²) in [6.07, 6.45) is 1.38. The van der Waals surface area contributed by atoms with Gasteiger partial charge in [0.1, 0.15) is 17.3 Å². The molecular formula is C19H19N3O5. The Hall–Kier alpha value is -3.55. The van der Waals surface area contributed by atoms with Crippen LogP contribution >= 0.6 is 0 Å². The number of phenolic OH excluding ortho intramolecular Hbond substituents is 1. The molecule has 0 radical (unpaired) electrons. The zero-order valence-electron chi connectivity index (χ0n) is 15.4. The molecule has 8 nitrogen and oxygen atoms in total. The number of aryl methyl sites for hydroxylation is 1. The van der Waals surface area contributed by atoms with Crippen LogP contribution < -0.4 is 19.8 Å². The van der Waals surface area contributed by atoms with Crippen LogP contribution in [0.25, 0.3) is 10.9 Å². The van der Waals surface area contributed by atoms with E-state index in [9.17, 15) is 9.90 Å². The van der Waals surface area contributed by atoms with Crippen LogP contribution in [-0.2, 0) is 0 Å². The molecule has 0 aliphatic rings. The maximum absolute atomic E-state index is 12.9. The Morgan fingerprint density at radius 2 is 1.78 bits per heavy atom. The van der Waals surface area contributed by atoms with Crippen molar-refractivity contribution in [3.63, 3.8) is 0 Å². The second kappa shape index (κ2) is 7.36. The van der Waals surface area contributed by atoms with Crippen LogP contribution in [0.3, 0.4) is 0 Å².